The maximum absolute atomic E-state index is 10.6. The summed E-state index contributed by atoms with van der Waals surface area (Å²) in [7, 11) is 0. The first kappa shape index (κ1) is 11.0. The van der Waals surface area contributed by atoms with Crippen LogP contribution in [0, 0.1) is 33.8 Å². The molecular weight excluding hydrogens is 246 g/mol. The Balaban J connectivity index is 1.50. The van der Waals surface area contributed by atoms with Gasteiger partial charge in [0, 0.05) is 6.04 Å². The van der Waals surface area contributed by atoms with E-state index in [2.05, 4.69) is 15.3 Å². The van der Waals surface area contributed by atoms with Crippen molar-refractivity contribution in [3.63, 3.8) is 0 Å². The summed E-state index contributed by atoms with van der Waals surface area (Å²) in [4.78, 5) is 18.1. The number of nitrogens with zero attached hydrogens (tertiary/aromatic N) is 3. The maximum atomic E-state index is 10.6. The number of hydrogen-bond donors (Lipinski definition) is 2. The molecule has 3 aliphatic carbocycles. The Kier molecular flexibility index (Phi) is 2.05. The molecule has 0 radical (unpaired) electrons. The molecule has 4 unspecified atom stereocenters. The Morgan fingerprint density at radius 3 is 2.63 bits per heavy atom. The third-order valence-corrected chi connectivity index (χ3v) is 5.03. The van der Waals surface area contributed by atoms with Gasteiger partial charge in [-0.2, -0.15) is 4.98 Å². The summed E-state index contributed by atoms with van der Waals surface area (Å²) in [5.74, 6) is 3.60. The van der Waals surface area contributed by atoms with Crippen LogP contribution in [0.15, 0.2) is 6.20 Å². The number of fused-ring (bicyclic) bond motifs is 5. The minimum atomic E-state index is -0.564. The summed E-state index contributed by atoms with van der Waals surface area (Å²) in [6.45, 7) is 0. The zero-order chi connectivity index (χ0) is 13.1. The van der Waals surface area contributed by atoms with Crippen molar-refractivity contribution >= 4 is 17.5 Å². The number of nitrogens with two attached hydrogens (primary N) is 1. The van der Waals surface area contributed by atoms with E-state index in [1.165, 1.54) is 25.5 Å². The fourth-order valence-electron chi connectivity index (χ4n) is 4.27. The lowest BCUT2D eigenvalue weighted by atomic mass is 10.0. The molecule has 100 valence electrons. The zero-order valence-corrected chi connectivity index (χ0v) is 10.3. The summed E-state index contributed by atoms with van der Waals surface area (Å²) in [6.07, 6.45) is 5.27. The molecule has 0 spiro atoms. The van der Waals surface area contributed by atoms with Crippen LogP contribution >= 0.6 is 0 Å². The Bertz CT molecular complexity index is 547. The van der Waals surface area contributed by atoms with E-state index >= 15 is 0 Å². The van der Waals surface area contributed by atoms with Crippen LogP contribution in [0.2, 0.25) is 0 Å². The minimum Gasteiger partial charge on any atom is -0.378 e. The van der Waals surface area contributed by atoms with Crippen molar-refractivity contribution in [2.24, 2.45) is 23.7 Å². The van der Waals surface area contributed by atoms with Crippen molar-refractivity contribution in [2.45, 2.75) is 25.3 Å². The van der Waals surface area contributed by atoms with E-state index in [1.807, 2.05) is 0 Å². The number of aromatic nitrogens is 2. The van der Waals surface area contributed by atoms with Gasteiger partial charge in [0.2, 0.25) is 11.8 Å². The molecular formula is C12H15N5O2. The molecule has 3 aliphatic rings. The molecule has 7 heteroatoms. The first-order chi connectivity index (χ1) is 9.15. The highest BCUT2D eigenvalue weighted by atomic mass is 16.6. The SMILES string of the molecule is Nc1nc(NC2C3C4CCC(C4)C23)ncc1[N+](=O)[O-]. The van der Waals surface area contributed by atoms with Crippen molar-refractivity contribution in [1.29, 1.82) is 0 Å². The topological polar surface area (TPSA) is 107 Å². The molecule has 7 nitrogen and oxygen atoms in total. The van der Waals surface area contributed by atoms with Gasteiger partial charge in [0.15, 0.2) is 0 Å². The monoisotopic (exact) mass is 261 g/mol. The van der Waals surface area contributed by atoms with E-state index < -0.39 is 4.92 Å². The molecule has 0 aliphatic heterocycles. The molecule has 1 aromatic heterocycles. The van der Waals surface area contributed by atoms with Crippen molar-refractivity contribution in [3.05, 3.63) is 16.3 Å². The fourth-order valence-corrected chi connectivity index (χ4v) is 4.27. The third kappa shape index (κ3) is 1.50. The molecule has 3 N–H and O–H groups in total. The average Bonchev–Trinajstić information content (AvgIpc) is 2.78. The van der Waals surface area contributed by atoms with E-state index in [9.17, 15) is 10.1 Å². The fraction of sp³-hybridized carbons (Fsp3) is 0.667. The Morgan fingerprint density at radius 1 is 1.37 bits per heavy atom. The predicted octanol–water partition coefficient (Wildman–Crippen LogP) is 1.42. The highest BCUT2D eigenvalue weighted by Gasteiger charge is 2.65. The van der Waals surface area contributed by atoms with Crippen molar-refractivity contribution in [1.82, 2.24) is 9.97 Å². The molecule has 19 heavy (non-hydrogen) atoms. The number of rotatable bonds is 3. The molecule has 0 aromatic carbocycles. The summed E-state index contributed by atoms with van der Waals surface area (Å²) < 4.78 is 0. The van der Waals surface area contributed by atoms with Gasteiger partial charge in [-0.15, -0.1) is 0 Å². The van der Waals surface area contributed by atoms with Crippen molar-refractivity contribution < 1.29 is 4.92 Å². The second-order valence-electron chi connectivity index (χ2n) is 5.88. The highest BCUT2D eigenvalue weighted by Crippen LogP contribution is 2.66. The lowest BCUT2D eigenvalue weighted by Gasteiger charge is -2.10. The van der Waals surface area contributed by atoms with Gasteiger partial charge >= 0.3 is 5.69 Å². The molecule has 1 heterocycles. The van der Waals surface area contributed by atoms with Crippen LogP contribution in [-0.2, 0) is 0 Å². The molecule has 3 saturated carbocycles. The molecule has 4 atom stereocenters. The van der Waals surface area contributed by atoms with Gasteiger partial charge in [0.1, 0.15) is 6.20 Å². The third-order valence-electron chi connectivity index (χ3n) is 5.03. The van der Waals surface area contributed by atoms with Gasteiger partial charge in [0.25, 0.3) is 0 Å². The van der Waals surface area contributed by atoms with Gasteiger partial charge in [-0.3, -0.25) is 10.1 Å². The smallest absolute Gasteiger partial charge is 0.329 e. The lowest BCUT2D eigenvalue weighted by molar-refractivity contribution is -0.384. The van der Waals surface area contributed by atoms with Gasteiger partial charge in [-0.1, -0.05) is 0 Å². The summed E-state index contributed by atoms with van der Waals surface area (Å²) in [5.41, 5.74) is 5.33. The van der Waals surface area contributed by atoms with Crippen LogP contribution in [0.5, 0.6) is 0 Å². The number of nitrogen functional groups attached to an aromatic ring is 1. The van der Waals surface area contributed by atoms with Gasteiger partial charge in [-0.05, 0) is 42.9 Å². The van der Waals surface area contributed by atoms with E-state index in [-0.39, 0.29) is 11.5 Å². The van der Waals surface area contributed by atoms with E-state index in [0.29, 0.717) is 12.0 Å². The predicted molar refractivity (Wildman–Crippen MR) is 68.3 cm³/mol. The number of nitro groups is 1. The molecule has 1 aromatic rings. The van der Waals surface area contributed by atoms with E-state index in [1.54, 1.807) is 0 Å². The lowest BCUT2D eigenvalue weighted by Crippen LogP contribution is -2.15. The zero-order valence-electron chi connectivity index (χ0n) is 10.3. The first-order valence-corrected chi connectivity index (χ1v) is 6.68. The Hall–Kier alpha value is -1.92. The average molecular weight is 261 g/mol. The molecule has 2 bridgehead atoms. The van der Waals surface area contributed by atoms with Crippen LogP contribution < -0.4 is 11.1 Å². The quantitative estimate of drug-likeness (QED) is 0.629. The molecule has 3 fully saturated rings. The van der Waals surface area contributed by atoms with Crippen LogP contribution in [0.25, 0.3) is 0 Å². The number of anilines is 2. The van der Waals surface area contributed by atoms with Crippen LogP contribution in [0.4, 0.5) is 17.5 Å². The molecule has 0 amide bonds. The normalized spacial score (nSPS) is 38.0. The van der Waals surface area contributed by atoms with Gasteiger partial charge < -0.3 is 11.1 Å². The van der Waals surface area contributed by atoms with Crippen molar-refractivity contribution in [3.8, 4) is 0 Å². The summed E-state index contributed by atoms with van der Waals surface area (Å²) in [5, 5.41) is 13.9. The first-order valence-electron chi connectivity index (χ1n) is 6.68. The Morgan fingerprint density at radius 2 is 2.05 bits per heavy atom. The van der Waals surface area contributed by atoms with Gasteiger partial charge in [-0.25, -0.2) is 4.98 Å². The van der Waals surface area contributed by atoms with Gasteiger partial charge in [0.05, 0.1) is 4.92 Å². The number of hydrogen-bond acceptors (Lipinski definition) is 6. The highest BCUT2D eigenvalue weighted by molar-refractivity contribution is 5.53. The minimum absolute atomic E-state index is 0.0729. The van der Waals surface area contributed by atoms with Crippen LogP contribution in [-0.4, -0.2) is 20.9 Å². The number of nitrogens with one attached hydrogen (secondary N) is 1. The molecule has 4 rings (SSSR count). The van der Waals surface area contributed by atoms with E-state index in [4.69, 9.17) is 5.73 Å². The largest absolute Gasteiger partial charge is 0.378 e. The van der Waals surface area contributed by atoms with E-state index in [0.717, 1.165) is 23.7 Å². The van der Waals surface area contributed by atoms with Crippen LogP contribution in [0.3, 0.4) is 0 Å². The van der Waals surface area contributed by atoms with Crippen LogP contribution in [0.1, 0.15) is 19.3 Å². The second-order valence-corrected chi connectivity index (χ2v) is 5.88. The van der Waals surface area contributed by atoms with Crippen molar-refractivity contribution in [2.75, 3.05) is 11.1 Å². The maximum Gasteiger partial charge on any atom is 0.329 e. The molecule has 0 saturated heterocycles. The standard InChI is InChI=1S/C12H15N5O2/c13-11-7(17(18)19)4-14-12(16-11)15-10-8-5-1-2-6(3-5)9(8)10/h4-6,8-10H,1-3H2,(H3,13,14,15,16). The Labute approximate surface area is 109 Å². The summed E-state index contributed by atoms with van der Waals surface area (Å²) in [6, 6.07) is 0.451. The summed E-state index contributed by atoms with van der Waals surface area (Å²) >= 11 is 0. The second kappa shape index (κ2) is 3.55.